The molecule has 0 aliphatic heterocycles. The molecule has 0 aliphatic carbocycles. The summed E-state index contributed by atoms with van der Waals surface area (Å²) in [6, 6.07) is 14.7. The summed E-state index contributed by atoms with van der Waals surface area (Å²) < 4.78 is 12.9. The van der Waals surface area contributed by atoms with Gasteiger partial charge in [-0.3, -0.25) is 4.79 Å². The van der Waals surface area contributed by atoms with E-state index in [1.165, 1.54) is 18.2 Å². The zero-order valence-electron chi connectivity index (χ0n) is 8.98. The SMILES string of the molecule is O=C(C#Cc1ccccc1)c1cccc(F)c1. The summed E-state index contributed by atoms with van der Waals surface area (Å²) in [7, 11) is 0. The molecule has 82 valence electrons. The van der Waals surface area contributed by atoms with Crippen LogP contribution in [-0.2, 0) is 0 Å². The number of carbonyl (C=O) groups is 1. The molecule has 0 bridgehead atoms. The maximum Gasteiger partial charge on any atom is 0.236 e. The fourth-order valence-electron chi connectivity index (χ4n) is 1.35. The van der Waals surface area contributed by atoms with E-state index in [1.807, 2.05) is 30.3 Å². The Bertz CT molecular complexity index is 591. The van der Waals surface area contributed by atoms with Crippen molar-refractivity contribution in [3.63, 3.8) is 0 Å². The van der Waals surface area contributed by atoms with Gasteiger partial charge in [-0.25, -0.2) is 4.39 Å². The van der Waals surface area contributed by atoms with Crippen molar-refractivity contribution in [2.75, 3.05) is 0 Å². The van der Waals surface area contributed by atoms with Crippen molar-refractivity contribution < 1.29 is 9.18 Å². The van der Waals surface area contributed by atoms with E-state index in [2.05, 4.69) is 11.8 Å². The van der Waals surface area contributed by atoms with Crippen molar-refractivity contribution in [3.05, 3.63) is 71.5 Å². The van der Waals surface area contributed by atoms with Crippen LogP contribution in [0.4, 0.5) is 4.39 Å². The smallest absolute Gasteiger partial charge is 0.236 e. The van der Waals surface area contributed by atoms with E-state index >= 15 is 0 Å². The monoisotopic (exact) mass is 224 g/mol. The van der Waals surface area contributed by atoms with Crippen LogP contribution in [0.1, 0.15) is 15.9 Å². The molecule has 0 heterocycles. The quantitative estimate of drug-likeness (QED) is 0.537. The second-order valence-electron chi connectivity index (χ2n) is 3.46. The molecule has 0 atom stereocenters. The molecule has 0 aliphatic rings. The lowest BCUT2D eigenvalue weighted by molar-refractivity contribution is 0.105. The highest BCUT2D eigenvalue weighted by Crippen LogP contribution is 2.04. The second kappa shape index (κ2) is 5.09. The molecule has 0 fully saturated rings. The summed E-state index contributed by atoms with van der Waals surface area (Å²) in [5, 5.41) is 0. The van der Waals surface area contributed by atoms with Gasteiger partial charge < -0.3 is 0 Å². The van der Waals surface area contributed by atoms with Crippen molar-refractivity contribution in [1.82, 2.24) is 0 Å². The van der Waals surface area contributed by atoms with Crippen LogP contribution in [0.15, 0.2) is 54.6 Å². The molecule has 0 N–H and O–H groups in total. The van der Waals surface area contributed by atoms with E-state index < -0.39 is 5.82 Å². The number of Topliss-reactive ketones (excluding diaryl/α,β-unsaturated/α-hetero) is 1. The number of benzene rings is 2. The van der Waals surface area contributed by atoms with E-state index in [9.17, 15) is 9.18 Å². The van der Waals surface area contributed by atoms with Crippen molar-refractivity contribution in [1.29, 1.82) is 0 Å². The van der Waals surface area contributed by atoms with Crippen molar-refractivity contribution >= 4 is 5.78 Å². The van der Waals surface area contributed by atoms with Crippen molar-refractivity contribution in [3.8, 4) is 11.8 Å². The first-order valence-corrected chi connectivity index (χ1v) is 5.13. The average Bonchev–Trinajstić information content (AvgIpc) is 2.37. The van der Waals surface area contributed by atoms with Crippen LogP contribution >= 0.6 is 0 Å². The summed E-state index contributed by atoms with van der Waals surface area (Å²) in [6.45, 7) is 0. The minimum absolute atomic E-state index is 0.272. The van der Waals surface area contributed by atoms with Gasteiger partial charge in [-0.15, -0.1) is 0 Å². The lowest BCUT2D eigenvalue weighted by atomic mass is 10.1. The minimum Gasteiger partial charge on any atom is -0.279 e. The predicted octanol–water partition coefficient (Wildman–Crippen LogP) is 3.06. The number of carbonyl (C=O) groups excluding carboxylic acids is 1. The van der Waals surface area contributed by atoms with Crippen LogP contribution in [-0.4, -0.2) is 5.78 Å². The molecular formula is C15H9FO. The van der Waals surface area contributed by atoms with Gasteiger partial charge in [0.25, 0.3) is 0 Å². The molecule has 0 radical (unpaired) electrons. The van der Waals surface area contributed by atoms with Crippen LogP contribution in [0.5, 0.6) is 0 Å². The summed E-state index contributed by atoms with van der Waals surface area (Å²) in [5.74, 6) is 4.41. The Morgan fingerprint density at radius 2 is 1.76 bits per heavy atom. The van der Waals surface area contributed by atoms with Gasteiger partial charge >= 0.3 is 0 Å². The highest BCUT2D eigenvalue weighted by atomic mass is 19.1. The van der Waals surface area contributed by atoms with Gasteiger partial charge in [0.1, 0.15) is 5.82 Å². The number of hydrogen-bond donors (Lipinski definition) is 0. The maximum absolute atomic E-state index is 12.9. The van der Waals surface area contributed by atoms with E-state index in [-0.39, 0.29) is 11.3 Å². The van der Waals surface area contributed by atoms with E-state index in [1.54, 1.807) is 6.07 Å². The predicted molar refractivity (Wildman–Crippen MR) is 64.1 cm³/mol. The largest absolute Gasteiger partial charge is 0.279 e. The molecule has 2 rings (SSSR count). The molecule has 0 saturated heterocycles. The normalized spacial score (nSPS) is 9.24. The number of halogens is 1. The minimum atomic E-state index is -0.433. The van der Waals surface area contributed by atoms with Gasteiger partial charge in [0.2, 0.25) is 5.78 Å². The number of ketones is 1. The molecule has 0 saturated carbocycles. The van der Waals surface area contributed by atoms with Crippen molar-refractivity contribution in [2.24, 2.45) is 0 Å². The first-order chi connectivity index (χ1) is 8.25. The lowest BCUT2D eigenvalue weighted by Gasteiger charge is -1.93. The first-order valence-electron chi connectivity index (χ1n) is 5.13. The molecule has 0 unspecified atom stereocenters. The second-order valence-corrected chi connectivity index (χ2v) is 3.46. The van der Waals surface area contributed by atoms with Crippen molar-refractivity contribution in [2.45, 2.75) is 0 Å². The molecule has 2 aromatic carbocycles. The van der Waals surface area contributed by atoms with E-state index in [0.29, 0.717) is 0 Å². The molecule has 0 spiro atoms. The Balaban J connectivity index is 2.21. The third-order valence-electron chi connectivity index (χ3n) is 2.18. The zero-order chi connectivity index (χ0) is 12.1. The van der Waals surface area contributed by atoms with Crippen LogP contribution in [0.3, 0.4) is 0 Å². The van der Waals surface area contributed by atoms with Gasteiger partial charge in [-0.2, -0.15) is 0 Å². The molecule has 2 heteroatoms. The Kier molecular flexibility index (Phi) is 3.32. The first kappa shape index (κ1) is 11.1. The highest BCUT2D eigenvalue weighted by molar-refractivity contribution is 6.09. The van der Waals surface area contributed by atoms with E-state index in [4.69, 9.17) is 0 Å². The molecule has 1 nitrogen and oxygen atoms in total. The fraction of sp³-hybridized carbons (Fsp3) is 0. The van der Waals surface area contributed by atoms with Gasteiger partial charge in [-0.1, -0.05) is 36.3 Å². The highest BCUT2D eigenvalue weighted by Gasteiger charge is 2.02. The lowest BCUT2D eigenvalue weighted by Crippen LogP contribution is -1.95. The molecule has 0 amide bonds. The average molecular weight is 224 g/mol. The van der Waals surface area contributed by atoms with Crippen LogP contribution in [0, 0.1) is 17.7 Å². The molecular weight excluding hydrogens is 215 g/mol. The van der Waals surface area contributed by atoms with E-state index in [0.717, 1.165) is 5.56 Å². The Morgan fingerprint density at radius 1 is 1.00 bits per heavy atom. The molecule has 0 aromatic heterocycles. The summed E-state index contributed by atoms with van der Waals surface area (Å²) in [4.78, 5) is 11.6. The van der Waals surface area contributed by atoms with Crippen LogP contribution in [0.2, 0.25) is 0 Å². The zero-order valence-corrected chi connectivity index (χ0v) is 8.98. The topological polar surface area (TPSA) is 17.1 Å². The molecule has 2 aromatic rings. The number of rotatable bonds is 1. The maximum atomic E-state index is 12.9. The third kappa shape index (κ3) is 3.02. The summed E-state index contributed by atoms with van der Waals surface area (Å²) >= 11 is 0. The van der Waals surface area contributed by atoms with Gasteiger partial charge in [-0.05, 0) is 30.2 Å². The van der Waals surface area contributed by atoms with Gasteiger partial charge in [0.05, 0.1) is 0 Å². The Morgan fingerprint density at radius 3 is 2.47 bits per heavy atom. The third-order valence-corrected chi connectivity index (χ3v) is 2.18. The fourth-order valence-corrected chi connectivity index (χ4v) is 1.35. The van der Waals surface area contributed by atoms with Crippen LogP contribution < -0.4 is 0 Å². The molecule has 17 heavy (non-hydrogen) atoms. The van der Waals surface area contributed by atoms with Crippen LogP contribution in [0.25, 0.3) is 0 Å². The van der Waals surface area contributed by atoms with Gasteiger partial charge in [0.15, 0.2) is 0 Å². The Labute approximate surface area is 98.9 Å². The number of hydrogen-bond acceptors (Lipinski definition) is 1. The van der Waals surface area contributed by atoms with Gasteiger partial charge in [0, 0.05) is 11.1 Å². The standard InChI is InChI=1S/C15H9FO/c16-14-8-4-7-13(11-14)15(17)10-9-12-5-2-1-3-6-12/h1-8,11H. The summed E-state index contributed by atoms with van der Waals surface area (Å²) in [5.41, 5.74) is 1.03. The summed E-state index contributed by atoms with van der Waals surface area (Å²) in [6.07, 6.45) is 0. The Hall–Kier alpha value is -2.40.